The molecule has 0 spiro atoms. The highest BCUT2D eigenvalue weighted by molar-refractivity contribution is 7.84. The maximum Gasteiger partial charge on any atom is 0.380 e. The molecule has 2 aromatic carbocycles. The fourth-order valence-electron chi connectivity index (χ4n) is 2.41. The summed E-state index contributed by atoms with van der Waals surface area (Å²) >= 11 is 0. The molecule has 1 heterocycles. The van der Waals surface area contributed by atoms with Gasteiger partial charge in [0, 0.05) is 18.3 Å². The number of amides is 1. The zero-order valence-electron chi connectivity index (χ0n) is 14.5. The van der Waals surface area contributed by atoms with E-state index in [1.54, 1.807) is 7.05 Å². The molecule has 3 aromatic rings. The predicted molar refractivity (Wildman–Crippen MR) is 97.4 cm³/mol. The molecular weight excluding hydrogens is 372 g/mol. The van der Waals surface area contributed by atoms with E-state index in [1.807, 2.05) is 31.2 Å². The van der Waals surface area contributed by atoms with Gasteiger partial charge in [-0.1, -0.05) is 18.2 Å². The third-order valence-corrected chi connectivity index (χ3v) is 4.13. The number of aromatic nitrogens is 2. The van der Waals surface area contributed by atoms with Crippen LogP contribution in [0.25, 0.3) is 11.5 Å². The number of hydrogen-bond donors (Lipinski definition) is 1. The number of nitrogens with zero attached hydrogens (tertiary/aromatic N) is 3. The number of hydrogen-bond acceptors (Lipinski definition) is 7. The van der Waals surface area contributed by atoms with Gasteiger partial charge < -0.3 is 13.5 Å². The summed E-state index contributed by atoms with van der Waals surface area (Å²) in [5.41, 5.74) is 2.15. The van der Waals surface area contributed by atoms with Gasteiger partial charge in [0.25, 0.3) is 0 Å². The van der Waals surface area contributed by atoms with Gasteiger partial charge in [-0.15, -0.1) is 10.2 Å². The summed E-state index contributed by atoms with van der Waals surface area (Å²) in [6.45, 7) is 1.89. The van der Waals surface area contributed by atoms with E-state index < -0.39 is 16.2 Å². The Morgan fingerprint density at radius 3 is 2.41 bits per heavy atom. The molecule has 0 bridgehead atoms. The number of anilines is 1. The molecular formula is C17H16N4O5S. The third-order valence-electron chi connectivity index (χ3n) is 3.70. The number of rotatable bonds is 5. The average Bonchev–Trinajstić information content (AvgIpc) is 3.10. The van der Waals surface area contributed by atoms with Gasteiger partial charge >= 0.3 is 22.1 Å². The zero-order valence-corrected chi connectivity index (χ0v) is 15.3. The van der Waals surface area contributed by atoms with E-state index in [4.69, 9.17) is 9.56 Å². The summed E-state index contributed by atoms with van der Waals surface area (Å²) in [5, 5.41) is 12.5. The Bertz CT molecular complexity index is 1080. The molecule has 10 heteroatoms. The van der Waals surface area contributed by atoms with E-state index in [0.717, 1.165) is 11.3 Å². The normalized spacial score (nSPS) is 11.2. The number of aryl methyl sites for hydroxylation is 1. The number of benzene rings is 2. The fourth-order valence-corrected chi connectivity index (χ4v) is 2.79. The first-order valence-electron chi connectivity index (χ1n) is 7.74. The van der Waals surface area contributed by atoms with Crippen LogP contribution in [0.1, 0.15) is 16.2 Å². The van der Waals surface area contributed by atoms with Crippen molar-refractivity contribution in [3.63, 3.8) is 0 Å². The molecule has 1 amide bonds. The second-order valence-electron chi connectivity index (χ2n) is 5.66. The minimum atomic E-state index is -4.10. The van der Waals surface area contributed by atoms with Crippen molar-refractivity contribution in [3.05, 3.63) is 60.0 Å². The van der Waals surface area contributed by atoms with Gasteiger partial charge in [0.05, 0.1) is 0 Å². The van der Waals surface area contributed by atoms with Crippen LogP contribution in [0.15, 0.2) is 52.9 Å². The van der Waals surface area contributed by atoms with Crippen molar-refractivity contribution in [2.45, 2.75) is 6.92 Å². The van der Waals surface area contributed by atoms with Crippen molar-refractivity contribution in [2.75, 3.05) is 11.9 Å². The zero-order chi connectivity index (χ0) is 19.6. The lowest BCUT2D eigenvalue weighted by Crippen LogP contribution is -2.27. The molecule has 0 unspecified atom stereocenters. The lowest BCUT2D eigenvalue weighted by Gasteiger charge is -2.17. The highest BCUT2D eigenvalue weighted by Gasteiger charge is 2.22. The molecule has 0 aliphatic heterocycles. The Morgan fingerprint density at radius 2 is 1.78 bits per heavy atom. The molecule has 9 nitrogen and oxygen atoms in total. The van der Waals surface area contributed by atoms with Gasteiger partial charge in [0.1, 0.15) is 5.75 Å². The molecule has 0 aliphatic rings. The Labute approximate surface area is 155 Å². The smallest absolute Gasteiger partial charge is 0.380 e. The van der Waals surface area contributed by atoms with Crippen molar-refractivity contribution in [1.29, 1.82) is 0 Å². The number of carbonyl (C=O) groups is 1. The summed E-state index contributed by atoms with van der Waals surface area (Å²) < 4.78 is 31.8. The first-order chi connectivity index (χ1) is 12.7. The molecule has 0 aliphatic carbocycles. The van der Waals surface area contributed by atoms with Gasteiger partial charge in [-0.2, -0.15) is 13.6 Å². The standard InChI is InChI=1S/C17H16N4O5S/c1-11-5-3-4-6-14(11)21(2)17(22)16-20-19-15(25-16)12-7-9-13(10-8-12)26-27(18,23)24/h3-10H,1-2H3,(H2,18,23,24). The summed E-state index contributed by atoms with van der Waals surface area (Å²) in [6, 6.07) is 13.2. The monoisotopic (exact) mass is 388 g/mol. The van der Waals surface area contributed by atoms with Crippen LogP contribution in [0.3, 0.4) is 0 Å². The van der Waals surface area contributed by atoms with Crippen molar-refractivity contribution < 1.29 is 21.8 Å². The van der Waals surface area contributed by atoms with Gasteiger partial charge in [-0.3, -0.25) is 4.79 Å². The highest BCUT2D eigenvalue weighted by Crippen LogP contribution is 2.24. The first-order valence-corrected chi connectivity index (χ1v) is 9.21. The van der Waals surface area contributed by atoms with E-state index >= 15 is 0 Å². The van der Waals surface area contributed by atoms with Gasteiger partial charge in [-0.25, -0.2) is 0 Å². The molecule has 3 rings (SSSR count). The van der Waals surface area contributed by atoms with E-state index in [0.29, 0.717) is 5.56 Å². The van der Waals surface area contributed by atoms with E-state index in [1.165, 1.54) is 29.2 Å². The minimum absolute atomic E-state index is 0.0383. The molecule has 0 fully saturated rings. The molecule has 0 saturated carbocycles. The second-order valence-corrected chi connectivity index (χ2v) is 6.82. The maximum atomic E-state index is 12.6. The number of carbonyl (C=O) groups excluding carboxylic acids is 1. The van der Waals surface area contributed by atoms with Crippen LogP contribution in [0.2, 0.25) is 0 Å². The van der Waals surface area contributed by atoms with Crippen molar-refractivity contribution in [1.82, 2.24) is 10.2 Å². The Hall–Kier alpha value is -3.24. The summed E-state index contributed by atoms with van der Waals surface area (Å²) in [4.78, 5) is 14.0. The largest absolute Gasteiger partial charge is 0.412 e. The van der Waals surface area contributed by atoms with Gasteiger partial charge in [-0.05, 0) is 42.8 Å². The molecule has 0 saturated heterocycles. The molecule has 140 valence electrons. The van der Waals surface area contributed by atoms with Crippen LogP contribution in [0.4, 0.5) is 5.69 Å². The highest BCUT2D eigenvalue weighted by atomic mass is 32.2. The van der Waals surface area contributed by atoms with Crippen LogP contribution < -0.4 is 14.2 Å². The first kappa shape index (κ1) is 18.5. The predicted octanol–water partition coefficient (Wildman–Crippen LogP) is 1.90. The lowest BCUT2D eigenvalue weighted by molar-refractivity contribution is 0.0960. The van der Waals surface area contributed by atoms with Crippen LogP contribution in [-0.4, -0.2) is 31.6 Å². The number of para-hydroxylation sites is 1. The molecule has 0 atom stereocenters. The summed E-state index contributed by atoms with van der Waals surface area (Å²) in [5.74, 6) is -0.465. The molecule has 0 radical (unpaired) electrons. The summed E-state index contributed by atoms with van der Waals surface area (Å²) in [7, 11) is -2.48. The third kappa shape index (κ3) is 4.30. The lowest BCUT2D eigenvalue weighted by atomic mass is 10.2. The van der Waals surface area contributed by atoms with Crippen molar-refractivity contribution >= 4 is 21.9 Å². The van der Waals surface area contributed by atoms with E-state index in [-0.39, 0.29) is 17.5 Å². The molecule has 1 aromatic heterocycles. The Balaban J connectivity index is 1.80. The SMILES string of the molecule is Cc1ccccc1N(C)C(=O)c1nnc(-c2ccc(OS(N)(=O)=O)cc2)o1. The second kappa shape index (κ2) is 7.17. The van der Waals surface area contributed by atoms with Crippen LogP contribution in [0.5, 0.6) is 5.75 Å². The van der Waals surface area contributed by atoms with Crippen molar-refractivity contribution in [2.24, 2.45) is 5.14 Å². The van der Waals surface area contributed by atoms with Gasteiger partial charge in [0.2, 0.25) is 5.89 Å². The van der Waals surface area contributed by atoms with Crippen LogP contribution in [-0.2, 0) is 10.3 Å². The topological polar surface area (TPSA) is 129 Å². The average molecular weight is 388 g/mol. The maximum absolute atomic E-state index is 12.6. The fraction of sp³-hybridized carbons (Fsp3) is 0.118. The molecule has 27 heavy (non-hydrogen) atoms. The van der Waals surface area contributed by atoms with Gasteiger partial charge in [0.15, 0.2) is 0 Å². The summed E-state index contributed by atoms with van der Waals surface area (Å²) in [6.07, 6.45) is 0. The quantitative estimate of drug-likeness (QED) is 0.707. The van der Waals surface area contributed by atoms with Crippen LogP contribution in [0, 0.1) is 6.92 Å². The Morgan fingerprint density at radius 1 is 1.11 bits per heavy atom. The van der Waals surface area contributed by atoms with E-state index in [2.05, 4.69) is 14.4 Å². The van der Waals surface area contributed by atoms with E-state index in [9.17, 15) is 13.2 Å². The number of nitrogens with two attached hydrogens (primary N) is 1. The Kier molecular flexibility index (Phi) is 4.93. The molecule has 2 N–H and O–H groups in total. The van der Waals surface area contributed by atoms with Crippen molar-refractivity contribution in [3.8, 4) is 17.2 Å². The van der Waals surface area contributed by atoms with Crippen LogP contribution >= 0.6 is 0 Å². The minimum Gasteiger partial charge on any atom is -0.412 e.